The van der Waals surface area contributed by atoms with Crippen molar-refractivity contribution < 1.29 is 9.18 Å². The van der Waals surface area contributed by atoms with E-state index in [0.717, 1.165) is 16.3 Å². The van der Waals surface area contributed by atoms with Crippen LogP contribution in [-0.4, -0.2) is 35.9 Å². The zero-order valence-corrected chi connectivity index (χ0v) is 15.2. The Hall–Kier alpha value is -1.79. The summed E-state index contributed by atoms with van der Waals surface area (Å²) in [5.41, 5.74) is 7.41. The standard InChI is InChI=1S/C18H24FN3OS/c1-18(2,11-20)12-22(3)17(23)9-15-10-24-16(21-15)8-13-4-6-14(19)7-5-13/h4-7,10H,8-9,11-12,20H2,1-3H3. The fraction of sp³-hybridized carbons (Fsp3) is 0.444. The van der Waals surface area contributed by atoms with Gasteiger partial charge in [-0.05, 0) is 29.7 Å². The maximum Gasteiger partial charge on any atom is 0.228 e. The summed E-state index contributed by atoms with van der Waals surface area (Å²) in [5, 5.41) is 2.84. The normalized spacial score (nSPS) is 11.5. The first kappa shape index (κ1) is 18.5. The number of benzene rings is 1. The molecule has 1 amide bonds. The van der Waals surface area contributed by atoms with E-state index in [2.05, 4.69) is 4.98 Å². The fourth-order valence-electron chi connectivity index (χ4n) is 2.37. The van der Waals surface area contributed by atoms with Crippen molar-refractivity contribution in [2.75, 3.05) is 20.1 Å². The van der Waals surface area contributed by atoms with Crippen LogP contribution in [0.1, 0.15) is 30.1 Å². The van der Waals surface area contributed by atoms with Crippen molar-refractivity contribution in [3.8, 4) is 0 Å². The van der Waals surface area contributed by atoms with Crippen LogP contribution < -0.4 is 5.73 Å². The van der Waals surface area contributed by atoms with Crippen LogP contribution in [0.15, 0.2) is 29.6 Å². The van der Waals surface area contributed by atoms with Crippen LogP contribution in [0, 0.1) is 11.2 Å². The Labute approximate surface area is 146 Å². The number of rotatable bonds is 7. The molecule has 2 rings (SSSR count). The van der Waals surface area contributed by atoms with Crippen molar-refractivity contribution >= 4 is 17.2 Å². The number of aromatic nitrogens is 1. The molecule has 130 valence electrons. The van der Waals surface area contributed by atoms with Crippen molar-refractivity contribution in [1.82, 2.24) is 9.88 Å². The van der Waals surface area contributed by atoms with Gasteiger partial charge >= 0.3 is 0 Å². The topological polar surface area (TPSA) is 59.2 Å². The van der Waals surface area contributed by atoms with Gasteiger partial charge in [-0.15, -0.1) is 11.3 Å². The number of amides is 1. The lowest BCUT2D eigenvalue weighted by molar-refractivity contribution is -0.130. The Bertz CT molecular complexity index is 682. The molecular formula is C18H24FN3OS. The van der Waals surface area contributed by atoms with Crippen molar-refractivity contribution in [3.63, 3.8) is 0 Å². The molecule has 0 spiro atoms. The highest BCUT2D eigenvalue weighted by atomic mass is 32.1. The summed E-state index contributed by atoms with van der Waals surface area (Å²) in [5.74, 6) is -0.206. The van der Waals surface area contributed by atoms with E-state index in [9.17, 15) is 9.18 Å². The van der Waals surface area contributed by atoms with Gasteiger partial charge in [0.05, 0.1) is 17.1 Å². The highest BCUT2D eigenvalue weighted by Gasteiger charge is 2.21. The van der Waals surface area contributed by atoms with E-state index in [4.69, 9.17) is 5.73 Å². The average molecular weight is 349 g/mol. The number of hydrogen-bond acceptors (Lipinski definition) is 4. The van der Waals surface area contributed by atoms with Crippen molar-refractivity contribution in [3.05, 3.63) is 51.7 Å². The zero-order chi connectivity index (χ0) is 17.7. The zero-order valence-electron chi connectivity index (χ0n) is 14.4. The predicted octanol–water partition coefficient (Wildman–Crippen LogP) is 2.86. The first-order valence-corrected chi connectivity index (χ1v) is 8.79. The molecule has 0 aliphatic rings. The molecule has 1 aromatic heterocycles. The lowest BCUT2D eigenvalue weighted by Gasteiger charge is -2.28. The molecule has 2 N–H and O–H groups in total. The van der Waals surface area contributed by atoms with Crippen LogP contribution in [0.25, 0.3) is 0 Å². The number of likely N-dealkylation sites (N-methyl/N-ethyl adjacent to an activating group) is 1. The first-order chi connectivity index (χ1) is 11.3. The molecule has 0 aliphatic carbocycles. The summed E-state index contributed by atoms with van der Waals surface area (Å²) in [6.07, 6.45) is 0.937. The summed E-state index contributed by atoms with van der Waals surface area (Å²) in [6, 6.07) is 6.40. The van der Waals surface area contributed by atoms with Gasteiger partial charge in [0, 0.05) is 25.4 Å². The van der Waals surface area contributed by atoms with Gasteiger partial charge in [0.15, 0.2) is 0 Å². The maximum absolute atomic E-state index is 12.9. The van der Waals surface area contributed by atoms with Crippen molar-refractivity contribution in [2.45, 2.75) is 26.7 Å². The van der Waals surface area contributed by atoms with Crippen LogP contribution in [0.5, 0.6) is 0 Å². The minimum Gasteiger partial charge on any atom is -0.345 e. The monoisotopic (exact) mass is 349 g/mol. The second-order valence-electron chi connectivity index (χ2n) is 6.83. The predicted molar refractivity (Wildman–Crippen MR) is 95.5 cm³/mol. The average Bonchev–Trinajstić information content (AvgIpc) is 2.96. The molecule has 24 heavy (non-hydrogen) atoms. The lowest BCUT2D eigenvalue weighted by atomic mass is 9.93. The summed E-state index contributed by atoms with van der Waals surface area (Å²) in [7, 11) is 1.80. The van der Waals surface area contributed by atoms with Gasteiger partial charge in [0.25, 0.3) is 0 Å². The second-order valence-corrected chi connectivity index (χ2v) is 7.77. The number of halogens is 1. The highest BCUT2D eigenvalue weighted by molar-refractivity contribution is 7.09. The number of carbonyl (C=O) groups is 1. The molecule has 1 aromatic carbocycles. The molecule has 0 fully saturated rings. The van der Waals surface area contributed by atoms with E-state index in [1.165, 1.54) is 23.5 Å². The molecule has 0 radical (unpaired) electrons. The summed E-state index contributed by atoms with van der Waals surface area (Å²) < 4.78 is 12.9. The van der Waals surface area contributed by atoms with Gasteiger partial charge in [0.1, 0.15) is 5.82 Å². The Balaban J connectivity index is 1.93. The SMILES string of the molecule is CN(CC(C)(C)CN)C(=O)Cc1csc(Cc2ccc(F)cc2)n1. The third kappa shape index (κ3) is 5.39. The molecule has 4 nitrogen and oxygen atoms in total. The van der Waals surface area contributed by atoms with E-state index in [-0.39, 0.29) is 23.6 Å². The van der Waals surface area contributed by atoms with Gasteiger partial charge < -0.3 is 10.6 Å². The molecule has 0 atom stereocenters. The second kappa shape index (κ2) is 7.85. The number of hydrogen-bond donors (Lipinski definition) is 1. The first-order valence-electron chi connectivity index (χ1n) is 7.91. The summed E-state index contributed by atoms with van der Waals surface area (Å²) >= 11 is 1.52. The van der Waals surface area contributed by atoms with Gasteiger partial charge in [-0.1, -0.05) is 26.0 Å². The molecule has 0 saturated carbocycles. The molecule has 0 unspecified atom stereocenters. The van der Waals surface area contributed by atoms with E-state index in [1.807, 2.05) is 19.2 Å². The van der Waals surface area contributed by atoms with Gasteiger partial charge in [-0.25, -0.2) is 9.37 Å². The Morgan fingerprint density at radius 1 is 1.33 bits per heavy atom. The number of nitrogens with zero attached hydrogens (tertiary/aromatic N) is 2. The maximum atomic E-state index is 12.9. The van der Waals surface area contributed by atoms with E-state index in [1.54, 1.807) is 24.1 Å². The third-order valence-corrected chi connectivity index (χ3v) is 4.74. The lowest BCUT2D eigenvalue weighted by Crippen LogP contribution is -2.40. The fourth-order valence-corrected chi connectivity index (χ4v) is 3.20. The summed E-state index contributed by atoms with van der Waals surface area (Å²) in [4.78, 5) is 18.6. The molecule has 1 heterocycles. The Morgan fingerprint density at radius 3 is 2.62 bits per heavy atom. The quantitative estimate of drug-likeness (QED) is 0.836. The molecule has 0 saturated heterocycles. The van der Waals surface area contributed by atoms with E-state index >= 15 is 0 Å². The molecule has 0 aliphatic heterocycles. The van der Waals surface area contributed by atoms with Gasteiger partial charge in [0.2, 0.25) is 5.91 Å². The van der Waals surface area contributed by atoms with Crippen LogP contribution >= 0.6 is 11.3 Å². The Kier molecular flexibility index (Phi) is 6.07. The van der Waals surface area contributed by atoms with Crippen LogP contribution in [0.3, 0.4) is 0 Å². The smallest absolute Gasteiger partial charge is 0.228 e. The number of thiazole rings is 1. The highest BCUT2D eigenvalue weighted by Crippen LogP contribution is 2.18. The third-order valence-electron chi connectivity index (χ3n) is 3.84. The van der Waals surface area contributed by atoms with Crippen LogP contribution in [-0.2, 0) is 17.6 Å². The summed E-state index contributed by atoms with van der Waals surface area (Å²) in [6.45, 7) is 5.24. The molecule has 0 bridgehead atoms. The molecule has 6 heteroatoms. The van der Waals surface area contributed by atoms with Gasteiger partial charge in [-0.3, -0.25) is 4.79 Å². The minimum atomic E-state index is -0.243. The largest absolute Gasteiger partial charge is 0.345 e. The minimum absolute atomic E-state index is 0.0372. The van der Waals surface area contributed by atoms with E-state index in [0.29, 0.717) is 19.5 Å². The molecular weight excluding hydrogens is 325 g/mol. The van der Waals surface area contributed by atoms with Crippen LogP contribution in [0.4, 0.5) is 4.39 Å². The van der Waals surface area contributed by atoms with Crippen LogP contribution in [0.2, 0.25) is 0 Å². The van der Waals surface area contributed by atoms with Gasteiger partial charge in [-0.2, -0.15) is 0 Å². The molecule has 2 aromatic rings. The van der Waals surface area contributed by atoms with Crippen molar-refractivity contribution in [1.29, 1.82) is 0 Å². The Morgan fingerprint density at radius 2 is 2.00 bits per heavy atom. The van der Waals surface area contributed by atoms with E-state index < -0.39 is 0 Å². The number of carbonyl (C=O) groups excluding carboxylic acids is 1. The van der Waals surface area contributed by atoms with Crippen molar-refractivity contribution in [2.24, 2.45) is 11.1 Å². The number of nitrogens with two attached hydrogens (primary N) is 1.